The van der Waals surface area contributed by atoms with Crippen LogP contribution in [0.15, 0.2) is 18.2 Å². The van der Waals surface area contributed by atoms with E-state index in [1.807, 2.05) is 26.0 Å². The van der Waals surface area contributed by atoms with Crippen LogP contribution in [0.1, 0.15) is 95.8 Å². The lowest BCUT2D eigenvalue weighted by Crippen LogP contribution is -2.47. The molecule has 4 atom stereocenters. The summed E-state index contributed by atoms with van der Waals surface area (Å²) in [5.74, 6) is 0.403. The minimum Gasteiger partial charge on any atom is -0.490 e. The van der Waals surface area contributed by atoms with Crippen molar-refractivity contribution in [1.82, 2.24) is 9.80 Å². The molecule has 1 saturated carbocycles. The number of hydrogen-bond donors (Lipinski definition) is 2. The van der Waals surface area contributed by atoms with Crippen LogP contribution in [0.25, 0.3) is 0 Å². The number of fused-ring (bicyclic) bond motifs is 1. The van der Waals surface area contributed by atoms with Crippen LogP contribution in [0.5, 0.6) is 5.75 Å². The number of rotatable bonds is 8. The van der Waals surface area contributed by atoms with Crippen LogP contribution in [0.2, 0.25) is 0 Å². The third kappa shape index (κ3) is 9.45. The lowest BCUT2D eigenvalue weighted by molar-refractivity contribution is -0.120. The van der Waals surface area contributed by atoms with Gasteiger partial charge in [0.2, 0.25) is 5.91 Å². The molecule has 8 heteroatoms. The van der Waals surface area contributed by atoms with Crippen molar-refractivity contribution < 1.29 is 24.2 Å². The molecule has 0 bridgehead atoms. The fourth-order valence-electron chi connectivity index (χ4n) is 5.85. The zero-order chi connectivity index (χ0) is 29.1. The zero-order valence-corrected chi connectivity index (χ0v) is 25.5. The Morgan fingerprint density at radius 2 is 1.88 bits per heavy atom. The molecule has 2 amide bonds. The quantitative estimate of drug-likeness (QED) is 0.447. The molecule has 0 radical (unpaired) electrons. The molecule has 1 aromatic carbocycles. The smallest absolute Gasteiger partial charge is 0.258 e. The summed E-state index contributed by atoms with van der Waals surface area (Å²) in [6.07, 6.45) is 8.89. The fourth-order valence-corrected chi connectivity index (χ4v) is 5.85. The summed E-state index contributed by atoms with van der Waals surface area (Å²) in [6, 6.07) is 5.01. The molecule has 1 heterocycles. The van der Waals surface area contributed by atoms with Gasteiger partial charge in [-0.3, -0.25) is 9.59 Å². The summed E-state index contributed by atoms with van der Waals surface area (Å²) in [6.45, 7) is 10.9. The molecule has 1 aliphatic heterocycles. The second kappa shape index (κ2) is 16.3. The van der Waals surface area contributed by atoms with Gasteiger partial charge in [-0.1, -0.05) is 33.1 Å². The molecule has 40 heavy (non-hydrogen) atoms. The van der Waals surface area contributed by atoms with Crippen molar-refractivity contribution in [1.29, 1.82) is 0 Å². The minimum absolute atomic E-state index is 0.0175. The summed E-state index contributed by atoms with van der Waals surface area (Å²) in [7, 11) is 2.11. The van der Waals surface area contributed by atoms with Crippen LogP contribution < -0.4 is 10.1 Å². The monoisotopic (exact) mass is 559 g/mol. The molecule has 3 rings (SSSR count). The summed E-state index contributed by atoms with van der Waals surface area (Å²) >= 11 is 0. The molecule has 1 aliphatic carbocycles. The van der Waals surface area contributed by atoms with E-state index in [1.54, 1.807) is 11.0 Å². The molecule has 2 aliphatic rings. The molecule has 0 aromatic heterocycles. The Hall–Kier alpha value is -2.16. The summed E-state index contributed by atoms with van der Waals surface area (Å²) in [5.41, 5.74) is 1.02. The van der Waals surface area contributed by atoms with Crippen LogP contribution >= 0.6 is 0 Å². The number of carbonyl (C=O) groups excluding carboxylic acids is 2. The number of aliphatic hydroxyl groups excluding tert-OH is 1. The van der Waals surface area contributed by atoms with Crippen molar-refractivity contribution in [3.8, 4) is 5.75 Å². The van der Waals surface area contributed by atoms with Gasteiger partial charge in [-0.2, -0.15) is 0 Å². The van der Waals surface area contributed by atoms with Crippen molar-refractivity contribution >= 4 is 17.5 Å². The van der Waals surface area contributed by atoms with Crippen LogP contribution in [0, 0.1) is 11.8 Å². The largest absolute Gasteiger partial charge is 0.490 e. The van der Waals surface area contributed by atoms with Crippen LogP contribution in [-0.4, -0.2) is 84.9 Å². The molecule has 0 spiro atoms. The Kier molecular flexibility index (Phi) is 13.2. The minimum atomic E-state index is -0.386. The molecule has 0 saturated heterocycles. The first-order valence-corrected chi connectivity index (χ1v) is 15.6. The van der Waals surface area contributed by atoms with Gasteiger partial charge in [-0.05, 0) is 84.2 Å². The number of benzene rings is 1. The third-order valence-corrected chi connectivity index (χ3v) is 8.39. The normalized spacial score (nSPS) is 24.6. The standard InChI is InChI=1S/C32H53N3O5/c1-6-17-34(5)21-30-23(2)20-35(24(3)22-36)32(38)28-19-27(33-31(37)26-13-8-7-9-14-26)15-16-29(28)40-25(4)12-10-11-18-39-30/h15-16,19,23-26,30,36H,6-14,17-18,20-22H2,1-5H3,(H,33,37)/t23-,24+,25+,30-/m0/s1. The number of hydrogen-bond acceptors (Lipinski definition) is 6. The van der Waals surface area contributed by atoms with Gasteiger partial charge in [0, 0.05) is 37.2 Å². The highest BCUT2D eigenvalue weighted by atomic mass is 16.5. The second-order valence-electron chi connectivity index (χ2n) is 12.1. The third-order valence-electron chi connectivity index (χ3n) is 8.39. The number of ether oxygens (including phenoxy) is 2. The average molecular weight is 560 g/mol. The number of nitrogens with one attached hydrogen (secondary N) is 1. The van der Waals surface area contributed by atoms with E-state index in [0.717, 1.165) is 64.5 Å². The van der Waals surface area contributed by atoms with Gasteiger partial charge in [-0.25, -0.2) is 0 Å². The van der Waals surface area contributed by atoms with Crippen LogP contribution in [-0.2, 0) is 9.53 Å². The Morgan fingerprint density at radius 1 is 1.15 bits per heavy atom. The predicted octanol–water partition coefficient (Wildman–Crippen LogP) is 5.34. The van der Waals surface area contributed by atoms with Gasteiger partial charge in [-0.15, -0.1) is 0 Å². The maximum Gasteiger partial charge on any atom is 0.258 e. The second-order valence-corrected chi connectivity index (χ2v) is 12.1. The highest BCUT2D eigenvalue weighted by Gasteiger charge is 2.30. The number of anilines is 1. The van der Waals surface area contributed by atoms with E-state index in [2.05, 4.69) is 31.1 Å². The first-order valence-electron chi connectivity index (χ1n) is 15.6. The topological polar surface area (TPSA) is 91.3 Å². The molecule has 1 fully saturated rings. The highest BCUT2D eigenvalue weighted by Crippen LogP contribution is 2.30. The molecular weight excluding hydrogens is 506 g/mol. The number of aliphatic hydroxyl groups is 1. The molecule has 2 N–H and O–H groups in total. The lowest BCUT2D eigenvalue weighted by atomic mass is 9.88. The predicted molar refractivity (Wildman–Crippen MR) is 160 cm³/mol. The van der Waals surface area contributed by atoms with Crippen LogP contribution in [0.4, 0.5) is 5.69 Å². The maximum atomic E-state index is 14.2. The van der Waals surface area contributed by atoms with Crippen molar-refractivity contribution in [3.63, 3.8) is 0 Å². The first kappa shape index (κ1) is 32.4. The van der Waals surface area contributed by atoms with Gasteiger partial charge in [0.25, 0.3) is 5.91 Å². The number of likely N-dealkylation sites (N-methyl/N-ethyl adjacent to an activating group) is 1. The average Bonchev–Trinajstić information content (AvgIpc) is 2.95. The maximum absolute atomic E-state index is 14.2. The van der Waals surface area contributed by atoms with Gasteiger partial charge in [0.05, 0.1) is 30.4 Å². The van der Waals surface area contributed by atoms with Gasteiger partial charge in [0.1, 0.15) is 5.75 Å². The van der Waals surface area contributed by atoms with Gasteiger partial charge >= 0.3 is 0 Å². The van der Waals surface area contributed by atoms with Gasteiger partial charge < -0.3 is 29.7 Å². The highest BCUT2D eigenvalue weighted by molar-refractivity contribution is 6.00. The van der Waals surface area contributed by atoms with Crippen molar-refractivity contribution in [2.75, 3.05) is 45.2 Å². The Balaban J connectivity index is 1.92. The van der Waals surface area contributed by atoms with Crippen molar-refractivity contribution in [3.05, 3.63) is 23.8 Å². The summed E-state index contributed by atoms with van der Waals surface area (Å²) < 4.78 is 12.7. The molecule has 226 valence electrons. The first-order chi connectivity index (χ1) is 19.2. The van der Waals surface area contributed by atoms with E-state index >= 15 is 0 Å². The molecule has 1 aromatic rings. The zero-order valence-electron chi connectivity index (χ0n) is 25.5. The fraction of sp³-hybridized carbons (Fsp3) is 0.750. The molecule has 0 unspecified atom stereocenters. The molecular formula is C32H53N3O5. The Morgan fingerprint density at radius 3 is 2.58 bits per heavy atom. The summed E-state index contributed by atoms with van der Waals surface area (Å²) in [4.78, 5) is 31.2. The Labute approximate surface area is 241 Å². The van der Waals surface area contributed by atoms with E-state index in [4.69, 9.17) is 9.47 Å². The van der Waals surface area contributed by atoms with E-state index < -0.39 is 0 Å². The van der Waals surface area contributed by atoms with E-state index in [0.29, 0.717) is 30.2 Å². The van der Waals surface area contributed by atoms with E-state index in [1.165, 1.54) is 6.42 Å². The van der Waals surface area contributed by atoms with Crippen LogP contribution in [0.3, 0.4) is 0 Å². The van der Waals surface area contributed by atoms with E-state index in [9.17, 15) is 14.7 Å². The SMILES string of the molecule is CCCN(C)C[C@@H]1OCCCC[C@@H](C)Oc2ccc(NC(=O)C3CCCCC3)cc2C(=O)N([C@H](C)CO)C[C@@H]1C. The lowest BCUT2D eigenvalue weighted by Gasteiger charge is -2.36. The summed E-state index contributed by atoms with van der Waals surface area (Å²) in [5, 5.41) is 13.2. The number of amides is 2. The van der Waals surface area contributed by atoms with Crippen molar-refractivity contribution in [2.24, 2.45) is 11.8 Å². The molecule has 8 nitrogen and oxygen atoms in total. The number of carbonyl (C=O) groups is 2. The number of nitrogens with zero attached hydrogens (tertiary/aromatic N) is 2. The van der Waals surface area contributed by atoms with E-state index in [-0.39, 0.29) is 48.5 Å². The Bertz CT molecular complexity index is 935. The van der Waals surface area contributed by atoms with Crippen molar-refractivity contribution in [2.45, 2.75) is 104 Å². The van der Waals surface area contributed by atoms with Gasteiger partial charge in [0.15, 0.2) is 0 Å².